The quantitative estimate of drug-likeness (QED) is 0.837. The number of allylic oxidation sites excluding steroid dienone is 2. The molecule has 21 heavy (non-hydrogen) atoms. The SMILES string of the molecule is CC1(C(=O)O)C=CC(c2ccc(CCl)cc2)=C(C(=O)O)C1. The molecule has 110 valence electrons. The number of aliphatic carboxylic acids is 2. The van der Waals surface area contributed by atoms with Gasteiger partial charge in [-0.15, -0.1) is 11.6 Å². The Morgan fingerprint density at radius 1 is 1.24 bits per heavy atom. The summed E-state index contributed by atoms with van der Waals surface area (Å²) in [6.07, 6.45) is 3.09. The molecular formula is C16H15ClO4. The lowest BCUT2D eigenvalue weighted by Gasteiger charge is -2.26. The Bertz CT molecular complexity index is 643. The summed E-state index contributed by atoms with van der Waals surface area (Å²) in [6, 6.07) is 7.24. The van der Waals surface area contributed by atoms with Gasteiger partial charge < -0.3 is 10.2 Å². The van der Waals surface area contributed by atoms with Crippen LogP contribution in [0.1, 0.15) is 24.5 Å². The van der Waals surface area contributed by atoms with Gasteiger partial charge in [0.15, 0.2) is 0 Å². The average Bonchev–Trinajstić information content (AvgIpc) is 2.47. The maximum Gasteiger partial charge on any atom is 0.332 e. The Kier molecular flexibility index (Phi) is 4.19. The Balaban J connectivity index is 2.47. The minimum absolute atomic E-state index is 0.0409. The standard InChI is InChI=1S/C16H15ClO4/c1-16(15(20)21)7-6-12(13(8-16)14(18)19)11-4-2-10(9-17)3-5-11/h2-7H,8-9H2,1H3,(H,18,19)(H,20,21). The fourth-order valence-corrected chi connectivity index (χ4v) is 2.45. The summed E-state index contributed by atoms with van der Waals surface area (Å²) in [5.74, 6) is -1.74. The molecule has 0 fully saturated rings. The van der Waals surface area contributed by atoms with Crippen molar-refractivity contribution in [2.45, 2.75) is 19.2 Å². The number of rotatable bonds is 4. The second kappa shape index (κ2) is 5.74. The van der Waals surface area contributed by atoms with Gasteiger partial charge in [-0.1, -0.05) is 36.4 Å². The van der Waals surface area contributed by atoms with E-state index in [0.717, 1.165) is 11.1 Å². The molecule has 1 aliphatic carbocycles. The van der Waals surface area contributed by atoms with Gasteiger partial charge in [-0.05, 0) is 30.0 Å². The van der Waals surface area contributed by atoms with Crippen LogP contribution in [0.4, 0.5) is 0 Å². The van der Waals surface area contributed by atoms with E-state index in [0.29, 0.717) is 11.5 Å². The van der Waals surface area contributed by atoms with Gasteiger partial charge in [0.2, 0.25) is 0 Å². The molecule has 2 rings (SSSR count). The predicted molar refractivity (Wildman–Crippen MR) is 80.1 cm³/mol. The maximum atomic E-state index is 11.5. The molecule has 4 nitrogen and oxygen atoms in total. The highest BCUT2D eigenvalue weighted by atomic mass is 35.5. The number of carboxylic acids is 2. The molecule has 5 heteroatoms. The van der Waals surface area contributed by atoms with Crippen molar-refractivity contribution in [2.75, 3.05) is 0 Å². The monoisotopic (exact) mass is 306 g/mol. The van der Waals surface area contributed by atoms with Gasteiger partial charge in [0, 0.05) is 11.5 Å². The highest BCUT2D eigenvalue weighted by Gasteiger charge is 2.36. The summed E-state index contributed by atoms with van der Waals surface area (Å²) in [5.41, 5.74) is 1.15. The first-order valence-corrected chi connectivity index (χ1v) is 6.95. The zero-order chi connectivity index (χ0) is 15.6. The van der Waals surface area contributed by atoms with Crippen molar-refractivity contribution in [1.29, 1.82) is 0 Å². The number of halogens is 1. The zero-order valence-corrected chi connectivity index (χ0v) is 12.2. The number of hydrogen-bond acceptors (Lipinski definition) is 2. The molecule has 0 spiro atoms. The molecule has 0 bridgehead atoms. The molecule has 0 amide bonds. The molecular weight excluding hydrogens is 292 g/mol. The molecule has 0 aliphatic heterocycles. The van der Waals surface area contributed by atoms with Gasteiger partial charge in [-0.3, -0.25) is 4.79 Å². The van der Waals surface area contributed by atoms with Crippen LogP contribution in [-0.4, -0.2) is 22.2 Å². The second-order valence-electron chi connectivity index (χ2n) is 5.26. The first-order valence-electron chi connectivity index (χ1n) is 6.42. The Morgan fingerprint density at radius 3 is 2.33 bits per heavy atom. The van der Waals surface area contributed by atoms with Crippen molar-refractivity contribution in [2.24, 2.45) is 5.41 Å². The van der Waals surface area contributed by atoms with Crippen molar-refractivity contribution in [3.63, 3.8) is 0 Å². The van der Waals surface area contributed by atoms with E-state index in [4.69, 9.17) is 11.6 Å². The third-order valence-corrected chi connectivity index (χ3v) is 3.96. The Labute approximate surface area is 127 Å². The minimum atomic E-state index is -1.19. The van der Waals surface area contributed by atoms with Gasteiger partial charge in [0.25, 0.3) is 0 Å². The first kappa shape index (κ1) is 15.3. The molecule has 1 aliphatic rings. The Morgan fingerprint density at radius 2 is 1.86 bits per heavy atom. The third kappa shape index (κ3) is 3.00. The summed E-state index contributed by atoms with van der Waals surface area (Å²) in [7, 11) is 0. The number of carbonyl (C=O) groups is 2. The normalized spacial score (nSPS) is 21.4. The predicted octanol–water partition coefficient (Wildman–Crippen LogP) is 3.31. The molecule has 0 aromatic heterocycles. The fourth-order valence-electron chi connectivity index (χ4n) is 2.27. The molecule has 0 saturated carbocycles. The highest BCUT2D eigenvalue weighted by molar-refractivity contribution is 6.17. The lowest BCUT2D eigenvalue weighted by Crippen LogP contribution is -2.29. The van der Waals surface area contributed by atoms with E-state index < -0.39 is 17.4 Å². The largest absolute Gasteiger partial charge is 0.481 e. The van der Waals surface area contributed by atoms with Crippen molar-refractivity contribution in [3.05, 3.63) is 53.1 Å². The smallest absolute Gasteiger partial charge is 0.332 e. The summed E-state index contributed by atoms with van der Waals surface area (Å²) in [6.45, 7) is 1.52. The van der Waals surface area contributed by atoms with Crippen LogP contribution >= 0.6 is 11.6 Å². The molecule has 1 aromatic carbocycles. The molecule has 1 unspecified atom stereocenters. The lowest BCUT2D eigenvalue weighted by molar-refractivity contribution is -0.145. The van der Waals surface area contributed by atoms with Crippen LogP contribution in [0, 0.1) is 5.41 Å². The molecule has 2 N–H and O–H groups in total. The van der Waals surface area contributed by atoms with Crippen LogP contribution in [0.5, 0.6) is 0 Å². The van der Waals surface area contributed by atoms with Crippen LogP contribution in [0.2, 0.25) is 0 Å². The zero-order valence-electron chi connectivity index (χ0n) is 11.5. The van der Waals surface area contributed by atoms with E-state index in [1.165, 1.54) is 6.92 Å². The number of carboxylic acid groups (broad SMARTS) is 2. The summed E-state index contributed by atoms with van der Waals surface area (Å²) < 4.78 is 0. The molecule has 0 heterocycles. The van der Waals surface area contributed by atoms with Crippen molar-refractivity contribution in [3.8, 4) is 0 Å². The van der Waals surface area contributed by atoms with E-state index in [2.05, 4.69) is 0 Å². The average molecular weight is 307 g/mol. The summed E-state index contributed by atoms with van der Waals surface area (Å²) in [5, 5.41) is 18.6. The second-order valence-corrected chi connectivity index (χ2v) is 5.53. The molecule has 0 radical (unpaired) electrons. The van der Waals surface area contributed by atoms with Crippen LogP contribution < -0.4 is 0 Å². The number of hydrogen-bond donors (Lipinski definition) is 2. The number of alkyl halides is 1. The third-order valence-electron chi connectivity index (χ3n) is 3.65. The van der Waals surface area contributed by atoms with Crippen molar-refractivity contribution < 1.29 is 19.8 Å². The van der Waals surface area contributed by atoms with E-state index in [9.17, 15) is 19.8 Å². The van der Waals surface area contributed by atoms with Gasteiger partial charge >= 0.3 is 11.9 Å². The fraction of sp³-hybridized carbons (Fsp3) is 0.250. The van der Waals surface area contributed by atoms with Crippen LogP contribution in [0.3, 0.4) is 0 Å². The summed E-state index contributed by atoms with van der Waals surface area (Å²) in [4.78, 5) is 22.8. The van der Waals surface area contributed by atoms with Crippen molar-refractivity contribution in [1.82, 2.24) is 0 Å². The van der Waals surface area contributed by atoms with Crippen LogP contribution in [0.15, 0.2) is 42.0 Å². The van der Waals surface area contributed by atoms with Gasteiger partial charge in [-0.2, -0.15) is 0 Å². The summed E-state index contributed by atoms with van der Waals surface area (Å²) >= 11 is 5.73. The van der Waals surface area contributed by atoms with Crippen molar-refractivity contribution >= 4 is 29.1 Å². The van der Waals surface area contributed by atoms with Crippen LogP contribution in [-0.2, 0) is 15.5 Å². The van der Waals surface area contributed by atoms with E-state index in [1.54, 1.807) is 24.3 Å². The van der Waals surface area contributed by atoms with E-state index in [1.807, 2.05) is 12.1 Å². The number of benzene rings is 1. The molecule has 0 saturated heterocycles. The Hall–Kier alpha value is -2.07. The maximum absolute atomic E-state index is 11.5. The minimum Gasteiger partial charge on any atom is -0.481 e. The van der Waals surface area contributed by atoms with E-state index >= 15 is 0 Å². The van der Waals surface area contributed by atoms with Gasteiger partial charge in [-0.25, -0.2) is 4.79 Å². The molecule has 1 atom stereocenters. The highest BCUT2D eigenvalue weighted by Crippen LogP contribution is 2.38. The topological polar surface area (TPSA) is 74.6 Å². The lowest BCUT2D eigenvalue weighted by atomic mass is 9.76. The van der Waals surface area contributed by atoms with Gasteiger partial charge in [0.1, 0.15) is 0 Å². The molecule has 1 aromatic rings. The van der Waals surface area contributed by atoms with Crippen LogP contribution in [0.25, 0.3) is 5.57 Å². The first-order chi connectivity index (χ1) is 9.87. The van der Waals surface area contributed by atoms with Gasteiger partial charge in [0.05, 0.1) is 5.41 Å². The van der Waals surface area contributed by atoms with E-state index in [-0.39, 0.29) is 12.0 Å².